The van der Waals surface area contributed by atoms with E-state index in [0.717, 1.165) is 29.8 Å². The molecular formula is C27H20F6N4O3. The monoisotopic (exact) mass is 562 g/mol. The van der Waals surface area contributed by atoms with Gasteiger partial charge in [0.15, 0.2) is 0 Å². The summed E-state index contributed by atoms with van der Waals surface area (Å²) in [5.74, 6) is -1.24. The molecule has 13 heteroatoms. The topological polar surface area (TPSA) is 96.4 Å². The molecule has 4 aromatic rings. The third-order valence-electron chi connectivity index (χ3n) is 5.59. The van der Waals surface area contributed by atoms with Crippen LogP contribution >= 0.6 is 0 Å². The van der Waals surface area contributed by atoms with Crippen LogP contribution in [0.2, 0.25) is 0 Å². The fraction of sp³-hybridized carbons (Fsp3) is 0.148. The van der Waals surface area contributed by atoms with Gasteiger partial charge in [-0.25, -0.2) is 9.97 Å². The molecule has 0 aliphatic rings. The SMILES string of the molecule is Cc1ccc(CO)cc1NC(=O)c1ccc(Nc2ncc(C(F)(F)F)c(-c3ccc(OC(F)(F)F)cc3)n2)cc1. The van der Waals surface area contributed by atoms with Crippen LogP contribution in [0.15, 0.2) is 72.9 Å². The molecule has 7 nitrogen and oxygen atoms in total. The van der Waals surface area contributed by atoms with Crippen LogP contribution in [-0.4, -0.2) is 27.3 Å². The second kappa shape index (κ2) is 11.2. The minimum Gasteiger partial charge on any atom is -0.406 e. The molecule has 0 radical (unpaired) electrons. The second-order valence-corrected chi connectivity index (χ2v) is 8.49. The Morgan fingerprint density at radius 3 is 2.23 bits per heavy atom. The number of aryl methyl sites for hydroxylation is 1. The number of amides is 1. The van der Waals surface area contributed by atoms with Crippen LogP contribution in [0.3, 0.4) is 0 Å². The number of halogens is 6. The lowest BCUT2D eigenvalue weighted by molar-refractivity contribution is -0.274. The highest BCUT2D eigenvalue weighted by Gasteiger charge is 2.36. The molecule has 1 heterocycles. The molecule has 4 rings (SSSR count). The van der Waals surface area contributed by atoms with E-state index in [0.29, 0.717) is 23.1 Å². The maximum atomic E-state index is 13.6. The molecule has 40 heavy (non-hydrogen) atoms. The van der Waals surface area contributed by atoms with Crippen molar-refractivity contribution in [2.45, 2.75) is 26.1 Å². The predicted molar refractivity (Wildman–Crippen MR) is 134 cm³/mol. The summed E-state index contributed by atoms with van der Waals surface area (Å²) in [5, 5.41) is 14.8. The molecule has 0 unspecified atom stereocenters. The van der Waals surface area contributed by atoms with Crippen LogP contribution in [0.25, 0.3) is 11.3 Å². The Labute approximate surface area is 223 Å². The Hall–Kier alpha value is -4.65. The number of benzene rings is 3. The summed E-state index contributed by atoms with van der Waals surface area (Å²) >= 11 is 0. The van der Waals surface area contributed by atoms with Gasteiger partial charge in [-0.2, -0.15) is 13.2 Å². The smallest absolute Gasteiger partial charge is 0.406 e. The van der Waals surface area contributed by atoms with Crippen LogP contribution in [0.1, 0.15) is 27.0 Å². The van der Waals surface area contributed by atoms with Crippen LogP contribution in [0.5, 0.6) is 5.75 Å². The molecule has 0 aliphatic carbocycles. The van der Waals surface area contributed by atoms with Gasteiger partial charge in [0.05, 0.1) is 12.3 Å². The number of carbonyl (C=O) groups is 1. The Morgan fingerprint density at radius 2 is 1.62 bits per heavy atom. The van der Waals surface area contributed by atoms with E-state index in [-0.39, 0.29) is 23.7 Å². The van der Waals surface area contributed by atoms with E-state index in [9.17, 15) is 36.2 Å². The van der Waals surface area contributed by atoms with Gasteiger partial charge < -0.3 is 20.5 Å². The van der Waals surface area contributed by atoms with Crippen molar-refractivity contribution in [2.75, 3.05) is 10.6 Å². The summed E-state index contributed by atoms with van der Waals surface area (Å²) in [6.07, 6.45) is -9.22. The number of carbonyl (C=O) groups excluding carboxylic acids is 1. The number of nitrogens with one attached hydrogen (secondary N) is 2. The molecule has 0 aliphatic heterocycles. The van der Waals surface area contributed by atoms with Gasteiger partial charge in [0.25, 0.3) is 5.91 Å². The van der Waals surface area contributed by atoms with Crippen molar-refractivity contribution >= 4 is 23.2 Å². The first kappa shape index (κ1) is 28.4. The number of ether oxygens (including phenoxy) is 1. The lowest BCUT2D eigenvalue weighted by atomic mass is 10.1. The van der Waals surface area contributed by atoms with Gasteiger partial charge in [-0.15, -0.1) is 13.2 Å². The number of anilines is 3. The van der Waals surface area contributed by atoms with Crippen molar-refractivity contribution in [3.63, 3.8) is 0 Å². The molecule has 3 N–H and O–H groups in total. The first-order chi connectivity index (χ1) is 18.8. The van der Waals surface area contributed by atoms with Crippen molar-refractivity contribution in [3.05, 3.63) is 95.2 Å². The molecule has 3 aromatic carbocycles. The Morgan fingerprint density at radius 1 is 0.950 bits per heavy atom. The number of alkyl halides is 6. The third-order valence-corrected chi connectivity index (χ3v) is 5.59. The molecule has 208 valence electrons. The number of rotatable bonds is 7. The molecule has 0 saturated heterocycles. The average Bonchev–Trinajstić information content (AvgIpc) is 2.89. The van der Waals surface area contributed by atoms with Crippen molar-refractivity contribution in [3.8, 4) is 17.0 Å². The number of nitrogens with zero attached hydrogens (tertiary/aromatic N) is 2. The Balaban J connectivity index is 1.54. The second-order valence-electron chi connectivity index (χ2n) is 8.49. The standard InChI is InChI=1S/C27H20F6N4O3/c1-15-2-3-16(14-38)12-22(15)36-24(39)18-4-8-19(9-5-18)35-25-34-13-21(26(28,29)30)23(37-25)17-6-10-20(11-7-17)40-27(31,32)33/h2-13,38H,14H2,1H3,(H,36,39)(H,34,35,37). The van der Waals surface area contributed by atoms with Gasteiger partial charge >= 0.3 is 12.5 Å². The summed E-state index contributed by atoms with van der Waals surface area (Å²) in [7, 11) is 0. The fourth-order valence-electron chi connectivity index (χ4n) is 3.61. The van der Waals surface area contributed by atoms with E-state index in [1.165, 1.54) is 24.3 Å². The van der Waals surface area contributed by atoms with E-state index in [1.807, 2.05) is 0 Å². The molecule has 1 amide bonds. The molecule has 0 atom stereocenters. The van der Waals surface area contributed by atoms with Crippen molar-refractivity contribution < 1.29 is 41.0 Å². The minimum atomic E-state index is -4.95. The summed E-state index contributed by atoms with van der Waals surface area (Å²) in [4.78, 5) is 20.3. The van der Waals surface area contributed by atoms with Gasteiger partial charge in [0.2, 0.25) is 5.95 Å². The molecule has 0 fully saturated rings. The van der Waals surface area contributed by atoms with Gasteiger partial charge in [0, 0.05) is 28.7 Å². The maximum absolute atomic E-state index is 13.6. The van der Waals surface area contributed by atoms with Crippen LogP contribution in [0.4, 0.5) is 43.7 Å². The molecule has 0 saturated carbocycles. The highest BCUT2D eigenvalue weighted by molar-refractivity contribution is 6.04. The number of aliphatic hydroxyl groups excluding tert-OH is 1. The number of aliphatic hydroxyl groups is 1. The number of aromatic nitrogens is 2. The van der Waals surface area contributed by atoms with Crippen LogP contribution in [-0.2, 0) is 12.8 Å². The zero-order chi connectivity index (χ0) is 29.1. The van der Waals surface area contributed by atoms with Gasteiger partial charge in [-0.3, -0.25) is 4.79 Å². The molecule has 0 bridgehead atoms. The summed E-state index contributed by atoms with van der Waals surface area (Å²) < 4.78 is 81.9. The fourth-order valence-corrected chi connectivity index (χ4v) is 3.61. The van der Waals surface area contributed by atoms with Crippen LogP contribution in [0, 0.1) is 6.92 Å². The largest absolute Gasteiger partial charge is 0.573 e. The summed E-state index contributed by atoms with van der Waals surface area (Å²) in [6.45, 7) is 1.61. The Kier molecular flexibility index (Phi) is 7.96. The molecular weight excluding hydrogens is 542 g/mol. The molecule has 1 aromatic heterocycles. The number of hydrogen-bond donors (Lipinski definition) is 3. The van der Waals surface area contributed by atoms with Crippen molar-refractivity contribution in [2.24, 2.45) is 0 Å². The summed E-state index contributed by atoms with van der Waals surface area (Å²) in [6, 6.07) is 14.9. The van der Waals surface area contributed by atoms with E-state index in [1.54, 1.807) is 25.1 Å². The average molecular weight is 562 g/mol. The van der Waals surface area contributed by atoms with Gasteiger partial charge in [-0.1, -0.05) is 12.1 Å². The Bertz CT molecular complexity index is 1510. The normalized spacial score (nSPS) is 11.7. The quantitative estimate of drug-likeness (QED) is 0.213. The molecule has 0 spiro atoms. The number of hydrogen-bond acceptors (Lipinski definition) is 6. The van der Waals surface area contributed by atoms with Gasteiger partial charge in [-0.05, 0) is 72.6 Å². The van der Waals surface area contributed by atoms with E-state index in [2.05, 4.69) is 25.3 Å². The van der Waals surface area contributed by atoms with E-state index < -0.39 is 35.5 Å². The van der Waals surface area contributed by atoms with E-state index in [4.69, 9.17) is 0 Å². The first-order valence-corrected chi connectivity index (χ1v) is 11.5. The highest BCUT2D eigenvalue weighted by atomic mass is 19.4. The first-order valence-electron chi connectivity index (χ1n) is 11.5. The highest BCUT2D eigenvalue weighted by Crippen LogP contribution is 2.37. The third kappa shape index (κ3) is 7.05. The zero-order valence-electron chi connectivity index (χ0n) is 20.6. The lowest BCUT2D eigenvalue weighted by Gasteiger charge is -2.15. The van der Waals surface area contributed by atoms with E-state index >= 15 is 0 Å². The lowest BCUT2D eigenvalue weighted by Crippen LogP contribution is -2.17. The zero-order valence-corrected chi connectivity index (χ0v) is 20.6. The summed E-state index contributed by atoms with van der Waals surface area (Å²) in [5.41, 5.74) is 0.741. The van der Waals surface area contributed by atoms with Crippen LogP contribution < -0.4 is 15.4 Å². The van der Waals surface area contributed by atoms with Gasteiger partial charge in [0.1, 0.15) is 11.3 Å². The maximum Gasteiger partial charge on any atom is 0.573 e. The minimum absolute atomic E-state index is 0.111. The van der Waals surface area contributed by atoms with Crippen molar-refractivity contribution in [1.29, 1.82) is 0 Å². The predicted octanol–water partition coefficient (Wildman–Crippen LogP) is 6.86. The van der Waals surface area contributed by atoms with Crippen molar-refractivity contribution in [1.82, 2.24) is 9.97 Å².